The fourth-order valence-corrected chi connectivity index (χ4v) is 3.16. The molecule has 4 heteroatoms. The van der Waals surface area contributed by atoms with E-state index in [4.69, 9.17) is 5.73 Å². The van der Waals surface area contributed by atoms with Gasteiger partial charge in [-0.1, -0.05) is 18.2 Å². The largest absolute Gasteiger partial charge is 0.370 e. The molecule has 1 heterocycles. The number of aliphatic imine (C=N–C) groups is 1. The molecule has 1 aliphatic carbocycles. The maximum Gasteiger partial charge on any atom is 0.192 e. The predicted octanol–water partition coefficient (Wildman–Crippen LogP) is 1.78. The molecule has 3 nitrogen and oxygen atoms in total. The maximum atomic E-state index is 13.8. The van der Waals surface area contributed by atoms with Gasteiger partial charge in [-0.3, -0.25) is 4.99 Å². The van der Waals surface area contributed by atoms with E-state index in [1.54, 1.807) is 6.07 Å². The molecule has 1 spiro atoms. The Balaban J connectivity index is 2.10. The molecule has 94 valence electrons. The van der Waals surface area contributed by atoms with Gasteiger partial charge in [0.25, 0.3) is 0 Å². The van der Waals surface area contributed by atoms with Crippen LogP contribution in [-0.2, 0) is 12.0 Å². The topological polar surface area (TPSA) is 41.6 Å². The van der Waals surface area contributed by atoms with E-state index in [9.17, 15) is 4.39 Å². The quantitative estimate of drug-likeness (QED) is 0.807. The summed E-state index contributed by atoms with van der Waals surface area (Å²) in [6.07, 6.45) is 3.42. The number of guanidine groups is 1. The Morgan fingerprint density at radius 2 is 2.39 bits per heavy atom. The number of rotatable bonds is 2. The third kappa shape index (κ3) is 1.32. The van der Waals surface area contributed by atoms with Crippen molar-refractivity contribution in [1.29, 1.82) is 0 Å². The van der Waals surface area contributed by atoms with E-state index in [2.05, 4.69) is 11.6 Å². The normalized spacial score (nSPS) is 25.4. The van der Waals surface area contributed by atoms with Gasteiger partial charge in [0.1, 0.15) is 5.82 Å². The fraction of sp³-hybridized carbons (Fsp3) is 0.357. The molecule has 0 aromatic heterocycles. The highest BCUT2D eigenvalue weighted by atomic mass is 19.1. The minimum atomic E-state index is -0.254. The van der Waals surface area contributed by atoms with Gasteiger partial charge in [0.15, 0.2) is 5.96 Å². The Kier molecular flexibility index (Phi) is 2.40. The van der Waals surface area contributed by atoms with Gasteiger partial charge in [-0.2, -0.15) is 0 Å². The first kappa shape index (κ1) is 11.3. The van der Waals surface area contributed by atoms with Gasteiger partial charge >= 0.3 is 0 Å². The summed E-state index contributed by atoms with van der Waals surface area (Å²) in [6, 6.07) is 5.28. The Hall–Kier alpha value is -1.84. The first-order valence-corrected chi connectivity index (χ1v) is 6.15. The molecule has 3 rings (SSSR count). The molecule has 1 aromatic rings. The zero-order valence-electron chi connectivity index (χ0n) is 10.2. The van der Waals surface area contributed by atoms with Gasteiger partial charge in [-0.25, -0.2) is 4.39 Å². The lowest BCUT2D eigenvalue weighted by Crippen LogP contribution is -2.48. The van der Waals surface area contributed by atoms with Crippen LogP contribution in [0.3, 0.4) is 0 Å². The second-order valence-electron chi connectivity index (χ2n) is 4.87. The van der Waals surface area contributed by atoms with Crippen molar-refractivity contribution in [3.8, 4) is 0 Å². The average molecular weight is 245 g/mol. The van der Waals surface area contributed by atoms with Crippen LogP contribution in [0, 0.1) is 5.82 Å². The number of hydrogen-bond donors (Lipinski definition) is 1. The summed E-state index contributed by atoms with van der Waals surface area (Å²) < 4.78 is 13.8. The minimum Gasteiger partial charge on any atom is -0.370 e. The molecule has 0 saturated heterocycles. The fourth-order valence-electron chi connectivity index (χ4n) is 3.16. The van der Waals surface area contributed by atoms with Crippen LogP contribution in [0.2, 0.25) is 0 Å². The monoisotopic (exact) mass is 245 g/mol. The first-order valence-electron chi connectivity index (χ1n) is 6.15. The van der Waals surface area contributed by atoms with E-state index in [1.807, 2.05) is 17.0 Å². The van der Waals surface area contributed by atoms with Crippen molar-refractivity contribution in [1.82, 2.24) is 4.90 Å². The van der Waals surface area contributed by atoms with E-state index in [0.29, 0.717) is 19.0 Å². The molecule has 18 heavy (non-hydrogen) atoms. The molecule has 0 amide bonds. The van der Waals surface area contributed by atoms with E-state index < -0.39 is 0 Å². The summed E-state index contributed by atoms with van der Waals surface area (Å²) in [5.41, 5.74) is 7.55. The zero-order chi connectivity index (χ0) is 12.8. The highest BCUT2D eigenvalue weighted by Gasteiger charge is 2.48. The van der Waals surface area contributed by atoms with Gasteiger partial charge in [-0.15, -0.1) is 6.58 Å². The molecule has 1 atom stereocenters. The molecule has 1 aromatic carbocycles. The molecule has 1 aliphatic heterocycles. The van der Waals surface area contributed by atoms with Crippen molar-refractivity contribution >= 4 is 5.96 Å². The highest BCUT2D eigenvalue weighted by molar-refractivity contribution is 5.82. The number of hydrogen-bond acceptors (Lipinski definition) is 3. The molecule has 0 bridgehead atoms. The van der Waals surface area contributed by atoms with Gasteiger partial charge in [-0.05, 0) is 30.0 Å². The van der Waals surface area contributed by atoms with Gasteiger partial charge in [0.05, 0.1) is 12.1 Å². The molecule has 2 aliphatic rings. The van der Waals surface area contributed by atoms with Crippen LogP contribution >= 0.6 is 0 Å². The summed E-state index contributed by atoms with van der Waals surface area (Å²) in [6.45, 7) is 5.02. The number of nitrogens with two attached hydrogens (primary N) is 1. The van der Waals surface area contributed by atoms with Crippen LogP contribution in [0.25, 0.3) is 0 Å². The van der Waals surface area contributed by atoms with E-state index in [-0.39, 0.29) is 11.4 Å². The first-order chi connectivity index (χ1) is 8.69. The predicted molar refractivity (Wildman–Crippen MR) is 69.8 cm³/mol. The van der Waals surface area contributed by atoms with Crippen molar-refractivity contribution in [3.63, 3.8) is 0 Å². The van der Waals surface area contributed by atoms with Gasteiger partial charge < -0.3 is 10.6 Å². The third-order valence-corrected chi connectivity index (χ3v) is 4.02. The van der Waals surface area contributed by atoms with Gasteiger partial charge in [0, 0.05) is 6.54 Å². The summed E-state index contributed by atoms with van der Waals surface area (Å²) in [4.78, 5) is 6.40. The van der Waals surface area contributed by atoms with Crippen LogP contribution in [-0.4, -0.2) is 23.9 Å². The lowest BCUT2D eigenvalue weighted by atomic mass is 9.90. The van der Waals surface area contributed by atoms with E-state index in [0.717, 1.165) is 24.0 Å². The van der Waals surface area contributed by atoms with Crippen molar-refractivity contribution in [2.24, 2.45) is 10.7 Å². The highest BCUT2D eigenvalue weighted by Crippen LogP contribution is 2.44. The third-order valence-electron chi connectivity index (χ3n) is 4.02. The Bertz CT molecular complexity index is 538. The Morgan fingerprint density at radius 3 is 3.17 bits per heavy atom. The molecular formula is C14H16FN3. The number of benzene rings is 1. The Labute approximate surface area is 106 Å². The van der Waals surface area contributed by atoms with Gasteiger partial charge in [0.2, 0.25) is 0 Å². The van der Waals surface area contributed by atoms with Crippen molar-refractivity contribution in [3.05, 3.63) is 47.8 Å². The molecular weight excluding hydrogens is 229 g/mol. The lowest BCUT2D eigenvalue weighted by molar-refractivity contribution is 0.219. The van der Waals surface area contributed by atoms with Crippen molar-refractivity contribution < 1.29 is 4.39 Å². The second-order valence-corrected chi connectivity index (χ2v) is 4.87. The van der Waals surface area contributed by atoms with Crippen LogP contribution in [0.15, 0.2) is 35.8 Å². The maximum absolute atomic E-state index is 13.8. The standard InChI is InChI=1S/C14H16FN3/c1-2-8-18-13(16)17-9-14(18)7-6-10-11(14)4-3-5-12(10)15/h2-5H,1,6-9H2,(H2,16,17). The molecule has 1 unspecified atom stereocenters. The second kappa shape index (κ2) is 3.83. The summed E-state index contributed by atoms with van der Waals surface area (Å²) in [5.74, 6) is 0.417. The van der Waals surface area contributed by atoms with E-state index >= 15 is 0 Å². The number of halogens is 1. The molecule has 0 fully saturated rings. The Morgan fingerprint density at radius 1 is 1.56 bits per heavy atom. The van der Waals surface area contributed by atoms with Crippen molar-refractivity contribution in [2.75, 3.05) is 13.1 Å². The zero-order valence-corrected chi connectivity index (χ0v) is 10.2. The molecule has 0 radical (unpaired) electrons. The lowest BCUT2D eigenvalue weighted by Gasteiger charge is -2.36. The molecule has 0 saturated carbocycles. The SMILES string of the molecule is C=CCN1C(N)=NCC12CCc1c(F)cccc12. The van der Waals surface area contributed by atoms with Crippen LogP contribution in [0.5, 0.6) is 0 Å². The number of nitrogens with zero attached hydrogens (tertiary/aromatic N) is 2. The van der Waals surface area contributed by atoms with Crippen LogP contribution in [0.1, 0.15) is 17.5 Å². The average Bonchev–Trinajstić information content (AvgIpc) is 2.88. The van der Waals surface area contributed by atoms with Crippen LogP contribution < -0.4 is 5.73 Å². The molecule has 2 N–H and O–H groups in total. The van der Waals surface area contributed by atoms with Crippen LogP contribution in [0.4, 0.5) is 4.39 Å². The van der Waals surface area contributed by atoms with E-state index in [1.165, 1.54) is 6.07 Å². The smallest absolute Gasteiger partial charge is 0.192 e. The van der Waals surface area contributed by atoms with Crippen molar-refractivity contribution in [2.45, 2.75) is 18.4 Å². The summed E-state index contributed by atoms with van der Waals surface area (Å²) in [5, 5.41) is 0. The summed E-state index contributed by atoms with van der Waals surface area (Å²) in [7, 11) is 0. The summed E-state index contributed by atoms with van der Waals surface area (Å²) >= 11 is 0. The number of fused-ring (bicyclic) bond motifs is 2. The minimum absolute atomic E-state index is 0.117.